The van der Waals surface area contributed by atoms with E-state index in [1.165, 1.54) is 17.8 Å². The highest BCUT2D eigenvalue weighted by molar-refractivity contribution is 8.13. The van der Waals surface area contributed by atoms with Crippen molar-refractivity contribution in [1.82, 2.24) is 0 Å². The third-order valence-electron chi connectivity index (χ3n) is 1.56. The molecule has 0 heterocycles. The molecule has 0 aliphatic carbocycles. The zero-order chi connectivity index (χ0) is 9.84. The Bertz CT molecular complexity index is 338. The standard InChI is InChI=1S/C9H9ClFNS/c1-12-9(13-2)6-3-4-8(11)7(10)5-6/h3-5H,1-2H3. The van der Waals surface area contributed by atoms with Gasteiger partial charge in [0.2, 0.25) is 0 Å². The van der Waals surface area contributed by atoms with E-state index in [-0.39, 0.29) is 5.02 Å². The van der Waals surface area contributed by atoms with Crippen molar-refractivity contribution in [2.24, 2.45) is 4.99 Å². The van der Waals surface area contributed by atoms with E-state index in [0.717, 1.165) is 10.6 Å². The highest BCUT2D eigenvalue weighted by atomic mass is 35.5. The van der Waals surface area contributed by atoms with Crippen molar-refractivity contribution in [3.05, 3.63) is 34.6 Å². The van der Waals surface area contributed by atoms with Crippen LogP contribution in [0.25, 0.3) is 0 Å². The number of hydrogen-bond acceptors (Lipinski definition) is 2. The molecule has 1 rings (SSSR count). The summed E-state index contributed by atoms with van der Waals surface area (Å²) < 4.78 is 12.8. The quantitative estimate of drug-likeness (QED) is 0.520. The minimum atomic E-state index is -0.401. The van der Waals surface area contributed by atoms with Crippen LogP contribution in [-0.4, -0.2) is 18.3 Å². The molecule has 1 aromatic carbocycles. The second kappa shape index (κ2) is 4.63. The van der Waals surface area contributed by atoms with Gasteiger partial charge in [-0.15, -0.1) is 11.8 Å². The molecule has 0 radical (unpaired) electrons. The predicted octanol–water partition coefficient (Wildman–Crippen LogP) is 3.22. The molecule has 0 amide bonds. The van der Waals surface area contributed by atoms with Crippen LogP contribution in [0, 0.1) is 5.82 Å². The molecule has 1 nitrogen and oxygen atoms in total. The first-order chi connectivity index (χ1) is 6.19. The first-order valence-corrected chi connectivity index (χ1v) is 5.25. The lowest BCUT2D eigenvalue weighted by Crippen LogP contribution is -1.94. The molecular formula is C9H9ClFNS. The average Bonchev–Trinajstić information content (AvgIpc) is 2.13. The molecule has 0 fully saturated rings. The third-order valence-corrected chi connectivity index (χ3v) is 2.66. The van der Waals surface area contributed by atoms with E-state index in [1.54, 1.807) is 19.2 Å². The Labute approximate surface area is 86.0 Å². The van der Waals surface area contributed by atoms with Gasteiger partial charge in [0.25, 0.3) is 0 Å². The molecule has 70 valence electrons. The molecule has 1 aromatic rings. The molecule has 0 atom stereocenters. The zero-order valence-corrected chi connectivity index (χ0v) is 8.92. The fourth-order valence-electron chi connectivity index (χ4n) is 0.967. The molecule has 0 saturated heterocycles. The predicted molar refractivity (Wildman–Crippen MR) is 57.4 cm³/mol. The van der Waals surface area contributed by atoms with Gasteiger partial charge in [-0.05, 0) is 24.5 Å². The third kappa shape index (κ3) is 2.45. The number of hydrogen-bond donors (Lipinski definition) is 0. The highest BCUT2D eigenvalue weighted by Crippen LogP contribution is 2.19. The molecule has 0 saturated carbocycles. The van der Waals surface area contributed by atoms with Crippen molar-refractivity contribution in [3.8, 4) is 0 Å². The molecule has 0 spiro atoms. The SMILES string of the molecule is CN=C(SC)c1ccc(F)c(Cl)c1. The number of nitrogens with zero attached hydrogens (tertiary/aromatic N) is 1. The van der Waals surface area contributed by atoms with Gasteiger partial charge >= 0.3 is 0 Å². The van der Waals surface area contributed by atoms with E-state index in [4.69, 9.17) is 11.6 Å². The van der Waals surface area contributed by atoms with Gasteiger partial charge in [0.1, 0.15) is 5.82 Å². The lowest BCUT2D eigenvalue weighted by atomic mass is 10.2. The largest absolute Gasteiger partial charge is 0.281 e. The van der Waals surface area contributed by atoms with Gasteiger partial charge in [-0.3, -0.25) is 4.99 Å². The summed E-state index contributed by atoms with van der Waals surface area (Å²) in [7, 11) is 1.70. The van der Waals surface area contributed by atoms with Crippen LogP contribution in [0.15, 0.2) is 23.2 Å². The van der Waals surface area contributed by atoms with Gasteiger partial charge in [-0.2, -0.15) is 0 Å². The Morgan fingerprint density at radius 2 is 2.23 bits per heavy atom. The summed E-state index contributed by atoms with van der Waals surface area (Å²) >= 11 is 7.14. The average molecular weight is 218 g/mol. The van der Waals surface area contributed by atoms with Crippen LogP contribution in [0.5, 0.6) is 0 Å². The Balaban J connectivity index is 3.10. The van der Waals surface area contributed by atoms with Crippen LogP contribution in [0.4, 0.5) is 4.39 Å². The molecule has 0 aliphatic heterocycles. The molecule has 0 aliphatic rings. The maximum atomic E-state index is 12.8. The number of benzene rings is 1. The van der Waals surface area contributed by atoms with Crippen molar-refractivity contribution in [2.75, 3.05) is 13.3 Å². The van der Waals surface area contributed by atoms with Gasteiger partial charge < -0.3 is 0 Å². The molecule has 13 heavy (non-hydrogen) atoms. The van der Waals surface area contributed by atoms with E-state index in [9.17, 15) is 4.39 Å². The topological polar surface area (TPSA) is 12.4 Å². The van der Waals surface area contributed by atoms with Crippen LogP contribution in [0.2, 0.25) is 5.02 Å². The molecular weight excluding hydrogens is 209 g/mol. The molecule has 0 aromatic heterocycles. The Kier molecular flexibility index (Phi) is 3.75. The van der Waals surface area contributed by atoms with Gasteiger partial charge in [0.05, 0.1) is 10.1 Å². The summed E-state index contributed by atoms with van der Waals surface area (Å²) in [5.74, 6) is -0.401. The first kappa shape index (κ1) is 10.5. The summed E-state index contributed by atoms with van der Waals surface area (Å²) in [4.78, 5) is 4.05. The molecule has 0 bridgehead atoms. The Morgan fingerprint density at radius 3 is 2.69 bits per heavy atom. The van der Waals surface area contributed by atoms with E-state index in [0.29, 0.717) is 0 Å². The van der Waals surface area contributed by atoms with Gasteiger partial charge in [0.15, 0.2) is 0 Å². The smallest absolute Gasteiger partial charge is 0.141 e. The lowest BCUT2D eigenvalue weighted by Gasteiger charge is -2.02. The minimum absolute atomic E-state index is 0.132. The van der Waals surface area contributed by atoms with E-state index >= 15 is 0 Å². The number of halogens is 2. The van der Waals surface area contributed by atoms with Crippen LogP contribution in [0.3, 0.4) is 0 Å². The summed E-state index contributed by atoms with van der Waals surface area (Å²) in [5, 5.41) is 0.981. The summed E-state index contributed by atoms with van der Waals surface area (Å²) in [6.45, 7) is 0. The monoisotopic (exact) mass is 217 g/mol. The van der Waals surface area contributed by atoms with E-state index in [1.807, 2.05) is 6.26 Å². The number of thioether (sulfide) groups is 1. The summed E-state index contributed by atoms with van der Waals surface area (Å²) in [6.07, 6.45) is 1.92. The second-order valence-electron chi connectivity index (χ2n) is 2.36. The van der Waals surface area contributed by atoms with Gasteiger partial charge in [0, 0.05) is 12.6 Å². The molecule has 0 unspecified atom stereocenters. The fourth-order valence-corrected chi connectivity index (χ4v) is 1.69. The first-order valence-electron chi connectivity index (χ1n) is 3.65. The van der Waals surface area contributed by atoms with Crippen molar-refractivity contribution in [1.29, 1.82) is 0 Å². The second-order valence-corrected chi connectivity index (χ2v) is 3.56. The number of aliphatic imine (C=N–C) groups is 1. The van der Waals surface area contributed by atoms with Gasteiger partial charge in [-0.1, -0.05) is 11.6 Å². The Hall–Kier alpha value is -0.540. The maximum Gasteiger partial charge on any atom is 0.141 e. The highest BCUT2D eigenvalue weighted by Gasteiger charge is 2.04. The van der Waals surface area contributed by atoms with Crippen molar-refractivity contribution < 1.29 is 4.39 Å². The van der Waals surface area contributed by atoms with Crippen LogP contribution in [0.1, 0.15) is 5.56 Å². The molecule has 4 heteroatoms. The normalized spacial score (nSPS) is 11.8. The van der Waals surface area contributed by atoms with Crippen molar-refractivity contribution >= 4 is 28.4 Å². The number of rotatable bonds is 1. The fraction of sp³-hybridized carbons (Fsp3) is 0.222. The van der Waals surface area contributed by atoms with Crippen LogP contribution >= 0.6 is 23.4 Å². The maximum absolute atomic E-state index is 12.8. The zero-order valence-electron chi connectivity index (χ0n) is 7.34. The van der Waals surface area contributed by atoms with Gasteiger partial charge in [-0.25, -0.2) is 4.39 Å². The van der Waals surface area contributed by atoms with Crippen molar-refractivity contribution in [2.45, 2.75) is 0 Å². The lowest BCUT2D eigenvalue weighted by molar-refractivity contribution is 0.628. The Morgan fingerprint density at radius 1 is 1.54 bits per heavy atom. The van der Waals surface area contributed by atoms with E-state index < -0.39 is 5.82 Å². The minimum Gasteiger partial charge on any atom is -0.281 e. The molecule has 0 N–H and O–H groups in total. The van der Waals surface area contributed by atoms with Crippen LogP contribution in [-0.2, 0) is 0 Å². The van der Waals surface area contributed by atoms with Crippen molar-refractivity contribution in [3.63, 3.8) is 0 Å². The summed E-state index contributed by atoms with van der Waals surface area (Å²) in [5.41, 5.74) is 0.849. The van der Waals surface area contributed by atoms with E-state index in [2.05, 4.69) is 4.99 Å². The van der Waals surface area contributed by atoms with Crippen LogP contribution < -0.4 is 0 Å². The summed E-state index contributed by atoms with van der Waals surface area (Å²) in [6, 6.07) is 4.59.